The number of para-hydroxylation sites is 5. The van der Waals surface area contributed by atoms with Crippen molar-refractivity contribution in [3.05, 3.63) is 261 Å². The van der Waals surface area contributed by atoms with Crippen LogP contribution in [0.1, 0.15) is 0 Å². The van der Waals surface area contributed by atoms with E-state index in [4.69, 9.17) is 0 Å². The van der Waals surface area contributed by atoms with E-state index in [1.807, 2.05) is 0 Å². The number of aromatic nitrogens is 3. The van der Waals surface area contributed by atoms with Crippen LogP contribution in [0.4, 0.5) is 0 Å². The summed E-state index contributed by atoms with van der Waals surface area (Å²) in [6.07, 6.45) is 0. The third-order valence-electron chi connectivity index (χ3n) is 14.3. The Kier molecular flexibility index (Phi) is 8.90. The molecule has 0 spiro atoms. The lowest BCUT2D eigenvalue weighted by atomic mass is 9.95. The molecule has 0 aliphatic rings. The molecule has 0 atom stereocenters. The smallest absolute Gasteiger partial charge is 0.0641 e. The van der Waals surface area contributed by atoms with E-state index in [1.165, 1.54) is 110 Å². The molecular weight excluding hydrogens is 835 g/mol. The number of fused-ring (bicyclic) bond motifs is 10. The van der Waals surface area contributed by atoms with E-state index in [1.54, 1.807) is 0 Å². The van der Waals surface area contributed by atoms with Crippen LogP contribution in [0.3, 0.4) is 0 Å². The van der Waals surface area contributed by atoms with Gasteiger partial charge in [-0.1, -0.05) is 212 Å². The lowest BCUT2D eigenvalue weighted by Gasteiger charge is -2.19. The van der Waals surface area contributed by atoms with Gasteiger partial charge in [-0.2, -0.15) is 0 Å². The minimum atomic E-state index is 1.14. The summed E-state index contributed by atoms with van der Waals surface area (Å²) in [6.45, 7) is 0. The molecule has 3 aromatic heterocycles. The molecule has 0 bridgehead atoms. The third-order valence-corrected chi connectivity index (χ3v) is 14.3. The fourth-order valence-electron chi connectivity index (χ4n) is 11.3. The normalized spacial score (nSPS) is 11.8. The van der Waals surface area contributed by atoms with Crippen molar-refractivity contribution in [3.8, 4) is 61.6 Å². The average molecular weight is 878 g/mol. The minimum absolute atomic E-state index is 1.14. The predicted molar refractivity (Wildman–Crippen MR) is 291 cm³/mol. The molecule has 0 aliphatic carbocycles. The molecule has 3 nitrogen and oxygen atoms in total. The van der Waals surface area contributed by atoms with Crippen molar-refractivity contribution in [3.63, 3.8) is 0 Å². The lowest BCUT2D eigenvalue weighted by molar-refractivity contribution is 1.17. The molecular formula is C66H43N3. The highest BCUT2D eigenvalue weighted by atomic mass is 15.0. The molecule has 0 saturated heterocycles. The fraction of sp³-hybridized carbons (Fsp3) is 0. The van der Waals surface area contributed by atoms with Crippen molar-refractivity contribution in [2.75, 3.05) is 0 Å². The maximum absolute atomic E-state index is 2.52. The van der Waals surface area contributed by atoms with Crippen LogP contribution in [0.5, 0.6) is 0 Å². The first-order valence-electron chi connectivity index (χ1n) is 23.8. The van der Waals surface area contributed by atoms with E-state index in [0.717, 1.165) is 16.9 Å². The lowest BCUT2D eigenvalue weighted by Crippen LogP contribution is -2.01. The Labute approximate surface area is 399 Å². The van der Waals surface area contributed by atoms with E-state index < -0.39 is 0 Å². The first-order chi connectivity index (χ1) is 34.3. The Bertz CT molecular complexity index is 4210. The summed E-state index contributed by atoms with van der Waals surface area (Å²) in [5, 5.41) is 7.38. The van der Waals surface area contributed by atoms with Gasteiger partial charge in [-0.25, -0.2) is 0 Å². The van der Waals surface area contributed by atoms with Crippen LogP contribution < -0.4 is 0 Å². The van der Waals surface area contributed by atoms with Crippen LogP contribution in [0.2, 0.25) is 0 Å². The summed E-state index contributed by atoms with van der Waals surface area (Å²) in [5.74, 6) is 0. The van der Waals surface area contributed by atoms with Gasteiger partial charge in [-0.3, -0.25) is 0 Å². The van der Waals surface area contributed by atoms with Crippen molar-refractivity contribution >= 4 is 65.4 Å². The fourth-order valence-corrected chi connectivity index (χ4v) is 11.3. The zero-order valence-electron chi connectivity index (χ0n) is 37.7. The van der Waals surface area contributed by atoms with Gasteiger partial charge in [0.05, 0.1) is 44.5 Å². The summed E-state index contributed by atoms with van der Waals surface area (Å²) in [5.41, 5.74) is 20.0. The molecule has 69 heavy (non-hydrogen) atoms. The van der Waals surface area contributed by atoms with E-state index in [2.05, 4.69) is 275 Å². The quantitative estimate of drug-likeness (QED) is 0.152. The summed E-state index contributed by atoms with van der Waals surface area (Å²) in [6, 6.07) is 95.4. The Morgan fingerprint density at radius 3 is 1.33 bits per heavy atom. The van der Waals surface area contributed by atoms with E-state index in [0.29, 0.717) is 0 Å². The predicted octanol–water partition coefficient (Wildman–Crippen LogP) is 17.6. The Morgan fingerprint density at radius 2 is 0.667 bits per heavy atom. The molecule has 0 aliphatic heterocycles. The molecule has 0 saturated carbocycles. The third kappa shape index (κ3) is 6.01. The van der Waals surface area contributed by atoms with E-state index in [-0.39, 0.29) is 0 Å². The van der Waals surface area contributed by atoms with Crippen LogP contribution >= 0.6 is 0 Å². The molecule has 14 aromatic rings. The highest BCUT2D eigenvalue weighted by molar-refractivity contribution is 6.26. The monoisotopic (exact) mass is 877 g/mol. The van der Waals surface area contributed by atoms with Gasteiger partial charge in [0.1, 0.15) is 0 Å². The van der Waals surface area contributed by atoms with Crippen molar-refractivity contribution in [2.24, 2.45) is 0 Å². The summed E-state index contributed by atoms with van der Waals surface area (Å²) in [7, 11) is 0. The summed E-state index contributed by atoms with van der Waals surface area (Å²) in [4.78, 5) is 0. The van der Waals surface area contributed by atoms with Gasteiger partial charge in [-0.15, -0.1) is 0 Å². The van der Waals surface area contributed by atoms with Gasteiger partial charge in [-0.05, 0) is 76.3 Å². The molecule has 11 aromatic carbocycles. The number of benzene rings is 11. The molecule has 0 N–H and O–H groups in total. The molecule has 0 radical (unpaired) electrons. The number of hydrogen-bond donors (Lipinski definition) is 0. The molecule has 14 rings (SSSR count). The molecule has 3 heteroatoms. The van der Waals surface area contributed by atoms with Gasteiger partial charge in [0.15, 0.2) is 0 Å². The first-order valence-corrected chi connectivity index (χ1v) is 23.8. The van der Waals surface area contributed by atoms with Gasteiger partial charge >= 0.3 is 0 Å². The highest BCUT2D eigenvalue weighted by Gasteiger charge is 2.25. The van der Waals surface area contributed by atoms with Crippen LogP contribution in [0.15, 0.2) is 261 Å². The zero-order valence-corrected chi connectivity index (χ0v) is 37.7. The standard InChI is InChI=1S/C66H43N3/c1-4-20-44(21-5-1)45-38-40-48(41-39-45)67-57-33-14-11-27-52(57)54-42-43-62-64(66(54)67)56-29-13-16-35-59(56)68(62)58-34-15-10-26-51(58)53-32-19-37-61-63(53)55-28-12-17-36-60(55)69(61)65-49(46-22-6-2-7-23-46)30-18-31-50(65)47-24-8-3-9-25-47/h1-43H. The first kappa shape index (κ1) is 39.0. The SMILES string of the molecule is c1ccc(-c2ccc(-n3c4ccccc4c4ccc5c(c6ccccc6n5-c5ccccc5-c5cccc6c5c5ccccc5n6-c5c(-c6ccccc6)cccc5-c5ccccc5)c43)cc2)cc1. The Balaban J connectivity index is 1.04. The molecule has 0 unspecified atom stereocenters. The maximum atomic E-state index is 2.52. The second kappa shape index (κ2) is 15.7. The van der Waals surface area contributed by atoms with Crippen molar-refractivity contribution in [1.82, 2.24) is 13.7 Å². The molecule has 0 fully saturated rings. The number of hydrogen-bond acceptors (Lipinski definition) is 0. The van der Waals surface area contributed by atoms with Gasteiger partial charge in [0.25, 0.3) is 0 Å². The van der Waals surface area contributed by atoms with Crippen molar-refractivity contribution < 1.29 is 0 Å². The minimum Gasteiger partial charge on any atom is -0.309 e. The van der Waals surface area contributed by atoms with E-state index >= 15 is 0 Å². The van der Waals surface area contributed by atoms with Crippen LogP contribution in [-0.4, -0.2) is 13.7 Å². The van der Waals surface area contributed by atoms with Crippen LogP contribution in [0.25, 0.3) is 127 Å². The summed E-state index contributed by atoms with van der Waals surface area (Å²) < 4.78 is 7.51. The van der Waals surface area contributed by atoms with E-state index in [9.17, 15) is 0 Å². The molecule has 3 heterocycles. The second-order valence-electron chi connectivity index (χ2n) is 18.0. The maximum Gasteiger partial charge on any atom is 0.0641 e. The van der Waals surface area contributed by atoms with Crippen molar-refractivity contribution in [1.29, 1.82) is 0 Å². The second-order valence-corrected chi connectivity index (χ2v) is 18.0. The topological polar surface area (TPSA) is 14.8 Å². The zero-order chi connectivity index (χ0) is 45.4. The highest BCUT2D eigenvalue weighted by Crippen LogP contribution is 2.47. The molecule has 0 amide bonds. The van der Waals surface area contributed by atoms with Crippen LogP contribution in [0, 0.1) is 0 Å². The van der Waals surface area contributed by atoms with Gasteiger partial charge in [0.2, 0.25) is 0 Å². The largest absolute Gasteiger partial charge is 0.309 e. The number of nitrogens with zero attached hydrogens (tertiary/aromatic N) is 3. The van der Waals surface area contributed by atoms with Crippen molar-refractivity contribution in [2.45, 2.75) is 0 Å². The summed E-state index contributed by atoms with van der Waals surface area (Å²) >= 11 is 0. The van der Waals surface area contributed by atoms with Gasteiger partial charge in [0, 0.05) is 54.7 Å². The number of rotatable bonds is 7. The Morgan fingerprint density at radius 1 is 0.217 bits per heavy atom. The van der Waals surface area contributed by atoms with Crippen LogP contribution in [-0.2, 0) is 0 Å². The average Bonchev–Trinajstić information content (AvgIpc) is 4.07. The molecule has 322 valence electrons. The van der Waals surface area contributed by atoms with Gasteiger partial charge < -0.3 is 13.7 Å². The Hall–Kier alpha value is -9.18.